The fraction of sp³-hybridized carbons (Fsp3) is 0.444. The van der Waals surface area contributed by atoms with Crippen LogP contribution in [0.15, 0.2) is 41.8 Å². The second kappa shape index (κ2) is 7.85. The van der Waals surface area contributed by atoms with Gasteiger partial charge in [0.15, 0.2) is 5.16 Å². The summed E-state index contributed by atoms with van der Waals surface area (Å²) >= 11 is 1.67. The van der Waals surface area contributed by atoms with E-state index in [1.165, 1.54) is 6.42 Å². The minimum atomic E-state index is 0.0131. The van der Waals surface area contributed by atoms with E-state index in [1.807, 2.05) is 36.0 Å². The van der Waals surface area contributed by atoms with E-state index < -0.39 is 0 Å². The molecule has 0 saturated carbocycles. The molecule has 0 aliphatic carbocycles. The normalized spacial score (nSPS) is 18.0. The fourth-order valence-electron chi connectivity index (χ4n) is 2.99. The molecule has 0 radical (unpaired) electrons. The van der Waals surface area contributed by atoms with Gasteiger partial charge in [-0.15, -0.1) is 0 Å². The predicted molar refractivity (Wildman–Crippen MR) is 97.2 cm³/mol. The summed E-state index contributed by atoms with van der Waals surface area (Å²) in [5, 5.41) is 4.05. The minimum Gasteiger partial charge on any atom is -0.350 e. The summed E-state index contributed by atoms with van der Waals surface area (Å²) in [6, 6.07) is 8.32. The lowest BCUT2D eigenvalue weighted by atomic mass is 10.1. The van der Waals surface area contributed by atoms with Gasteiger partial charge in [0, 0.05) is 43.3 Å². The molecule has 5 nitrogen and oxygen atoms in total. The van der Waals surface area contributed by atoms with Crippen molar-refractivity contribution in [2.75, 3.05) is 20.1 Å². The number of likely N-dealkylation sites (tertiary alicyclic amines) is 1. The van der Waals surface area contributed by atoms with E-state index in [0.717, 1.165) is 41.5 Å². The average Bonchev–Trinajstić information content (AvgIpc) is 3.19. The first-order valence-corrected chi connectivity index (χ1v) is 9.29. The van der Waals surface area contributed by atoms with Gasteiger partial charge in [-0.1, -0.05) is 23.9 Å². The molecule has 2 heterocycles. The van der Waals surface area contributed by atoms with Gasteiger partial charge < -0.3 is 14.8 Å². The number of nitrogens with one attached hydrogen (secondary N) is 1. The first-order valence-electron chi connectivity index (χ1n) is 8.31. The van der Waals surface area contributed by atoms with Gasteiger partial charge in [-0.3, -0.25) is 4.79 Å². The Labute approximate surface area is 147 Å². The highest BCUT2D eigenvalue weighted by atomic mass is 32.2. The summed E-state index contributed by atoms with van der Waals surface area (Å²) < 4.78 is 2.00. The zero-order valence-corrected chi connectivity index (χ0v) is 15.1. The van der Waals surface area contributed by atoms with E-state index in [1.54, 1.807) is 18.0 Å². The number of carbonyl (C=O) groups excluding carboxylic acids is 1. The number of rotatable bonds is 6. The molecule has 0 bridgehead atoms. The van der Waals surface area contributed by atoms with Gasteiger partial charge in [-0.05, 0) is 44.1 Å². The predicted octanol–water partition coefficient (Wildman–Crippen LogP) is 2.54. The van der Waals surface area contributed by atoms with Crippen molar-refractivity contribution in [3.63, 3.8) is 0 Å². The molecule has 1 aromatic carbocycles. The van der Waals surface area contributed by atoms with E-state index in [0.29, 0.717) is 6.04 Å². The third-order valence-corrected chi connectivity index (χ3v) is 5.63. The number of aryl methyl sites for hydroxylation is 1. The Kier molecular flexibility index (Phi) is 5.58. The molecule has 1 aromatic heterocycles. The van der Waals surface area contributed by atoms with Gasteiger partial charge in [-0.2, -0.15) is 0 Å². The number of hydrogen-bond donors (Lipinski definition) is 1. The summed E-state index contributed by atoms with van der Waals surface area (Å²) in [5.74, 6) is 0.816. The Morgan fingerprint density at radius 2 is 2.29 bits per heavy atom. The first kappa shape index (κ1) is 17.0. The molecule has 1 fully saturated rings. The molecular formula is C18H24N4OS. The van der Waals surface area contributed by atoms with E-state index in [-0.39, 0.29) is 5.91 Å². The van der Waals surface area contributed by atoms with Crippen LogP contribution in [0.3, 0.4) is 0 Å². The van der Waals surface area contributed by atoms with Crippen LogP contribution in [0.2, 0.25) is 0 Å². The molecule has 1 amide bonds. The molecule has 1 aliphatic heterocycles. The quantitative estimate of drug-likeness (QED) is 0.818. The second-order valence-corrected chi connectivity index (χ2v) is 7.24. The molecule has 0 spiro atoms. The van der Waals surface area contributed by atoms with E-state index in [2.05, 4.69) is 28.3 Å². The number of hydrogen-bond acceptors (Lipinski definition) is 4. The average molecular weight is 344 g/mol. The van der Waals surface area contributed by atoms with Gasteiger partial charge >= 0.3 is 0 Å². The summed E-state index contributed by atoms with van der Waals surface area (Å²) in [6.07, 6.45) is 6.12. The van der Waals surface area contributed by atoms with Crippen LogP contribution in [0.25, 0.3) is 0 Å². The molecular weight excluding hydrogens is 320 g/mol. The number of thioether (sulfide) groups is 1. The first-order chi connectivity index (χ1) is 11.6. The largest absolute Gasteiger partial charge is 0.350 e. The van der Waals surface area contributed by atoms with Crippen molar-refractivity contribution in [2.24, 2.45) is 7.05 Å². The molecule has 24 heavy (non-hydrogen) atoms. The standard InChI is InChI=1S/C18H24N4OS/c1-21-9-4-7-16(21)12-20-17(23)15-6-3-5-14(11-15)13-24-18-19-8-10-22(18)2/h3,5-6,8,10-11,16H,4,7,9,12-13H2,1-2H3,(H,20,23)/t16-/m1/s1. The third kappa shape index (κ3) is 4.19. The Balaban J connectivity index is 1.55. The van der Waals surface area contributed by atoms with Gasteiger partial charge in [0.1, 0.15) is 0 Å². The van der Waals surface area contributed by atoms with Crippen molar-refractivity contribution >= 4 is 17.7 Å². The van der Waals surface area contributed by atoms with Crippen molar-refractivity contribution in [1.29, 1.82) is 0 Å². The van der Waals surface area contributed by atoms with Crippen LogP contribution in [0.1, 0.15) is 28.8 Å². The maximum absolute atomic E-state index is 12.4. The molecule has 1 N–H and O–H groups in total. The Morgan fingerprint density at radius 1 is 1.42 bits per heavy atom. The third-order valence-electron chi connectivity index (χ3n) is 4.50. The smallest absolute Gasteiger partial charge is 0.251 e. The summed E-state index contributed by atoms with van der Waals surface area (Å²) in [7, 11) is 4.11. The van der Waals surface area contributed by atoms with Gasteiger partial charge in [0.05, 0.1) is 0 Å². The number of aromatic nitrogens is 2. The lowest BCUT2D eigenvalue weighted by Gasteiger charge is -2.19. The highest BCUT2D eigenvalue weighted by Gasteiger charge is 2.21. The minimum absolute atomic E-state index is 0.0131. The SMILES string of the molecule is CN1CCC[C@@H]1CNC(=O)c1cccc(CSc2nccn2C)c1. The van der Waals surface area contributed by atoms with Crippen LogP contribution in [-0.2, 0) is 12.8 Å². The zero-order valence-electron chi connectivity index (χ0n) is 14.2. The fourth-order valence-corrected chi connectivity index (χ4v) is 3.87. The van der Waals surface area contributed by atoms with Crippen molar-refractivity contribution in [3.8, 4) is 0 Å². The summed E-state index contributed by atoms with van der Waals surface area (Å²) in [5.41, 5.74) is 1.86. The monoisotopic (exact) mass is 344 g/mol. The number of nitrogens with zero attached hydrogens (tertiary/aromatic N) is 3. The van der Waals surface area contributed by atoms with E-state index >= 15 is 0 Å². The van der Waals surface area contributed by atoms with Gasteiger partial charge in [-0.25, -0.2) is 4.98 Å². The number of amides is 1. The van der Waals surface area contributed by atoms with Crippen LogP contribution >= 0.6 is 11.8 Å². The summed E-state index contributed by atoms with van der Waals surface area (Å²) in [4.78, 5) is 19.0. The molecule has 3 rings (SSSR count). The molecule has 128 valence electrons. The van der Waals surface area contributed by atoms with Crippen molar-refractivity contribution < 1.29 is 4.79 Å². The maximum Gasteiger partial charge on any atom is 0.251 e. The molecule has 2 aromatic rings. The van der Waals surface area contributed by atoms with Crippen molar-refractivity contribution in [3.05, 3.63) is 47.8 Å². The van der Waals surface area contributed by atoms with Crippen molar-refractivity contribution in [1.82, 2.24) is 19.8 Å². The Hall–Kier alpha value is -1.79. The maximum atomic E-state index is 12.4. The van der Waals surface area contributed by atoms with E-state index in [4.69, 9.17) is 0 Å². The van der Waals surface area contributed by atoms with Crippen LogP contribution < -0.4 is 5.32 Å². The van der Waals surface area contributed by atoms with Crippen LogP contribution in [0.4, 0.5) is 0 Å². The van der Waals surface area contributed by atoms with Crippen LogP contribution in [0.5, 0.6) is 0 Å². The lowest BCUT2D eigenvalue weighted by Crippen LogP contribution is -2.38. The number of carbonyl (C=O) groups is 1. The highest BCUT2D eigenvalue weighted by molar-refractivity contribution is 7.98. The molecule has 1 saturated heterocycles. The Morgan fingerprint density at radius 3 is 3.00 bits per heavy atom. The number of benzene rings is 1. The van der Waals surface area contributed by atoms with Gasteiger partial charge in [0.2, 0.25) is 0 Å². The highest BCUT2D eigenvalue weighted by Crippen LogP contribution is 2.21. The lowest BCUT2D eigenvalue weighted by molar-refractivity contribution is 0.0943. The number of imidazole rings is 1. The summed E-state index contributed by atoms with van der Waals surface area (Å²) in [6.45, 7) is 1.85. The zero-order chi connectivity index (χ0) is 16.9. The van der Waals surface area contributed by atoms with E-state index in [9.17, 15) is 4.79 Å². The number of likely N-dealkylation sites (N-methyl/N-ethyl adjacent to an activating group) is 1. The molecule has 1 aliphatic rings. The molecule has 6 heteroatoms. The van der Waals surface area contributed by atoms with Crippen LogP contribution in [-0.4, -0.2) is 46.5 Å². The van der Waals surface area contributed by atoms with Gasteiger partial charge in [0.25, 0.3) is 5.91 Å². The van der Waals surface area contributed by atoms with Crippen molar-refractivity contribution in [2.45, 2.75) is 29.8 Å². The van der Waals surface area contributed by atoms with Crippen LogP contribution in [0, 0.1) is 0 Å². The molecule has 0 unspecified atom stereocenters. The molecule has 1 atom stereocenters. The second-order valence-electron chi connectivity index (χ2n) is 6.30. The Bertz CT molecular complexity index is 700. The topological polar surface area (TPSA) is 50.2 Å².